The summed E-state index contributed by atoms with van der Waals surface area (Å²) in [5.41, 5.74) is 4.41. The lowest BCUT2D eigenvalue weighted by Crippen LogP contribution is -2.48. The lowest BCUT2D eigenvalue weighted by atomic mass is 9.89. The van der Waals surface area contributed by atoms with E-state index in [2.05, 4.69) is 25.8 Å². The van der Waals surface area contributed by atoms with Crippen LogP contribution >= 0.6 is 7.67 Å². The van der Waals surface area contributed by atoms with Gasteiger partial charge in [0.25, 0.3) is 0 Å². The summed E-state index contributed by atoms with van der Waals surface area (Å²) in [6.07, 6.45) is 1.26. The number of nitrogen functional groups attached to an aromatic ring is 1. The number of anilines is 1. The summed E-state index contributed by atoms with van der Waals surface area (Å²) in [5, 5.41) is 0. The van der Waals surface area contributed by atoms with E-state index in [1.54, 1.807) is 16.9 Å². The van der Waals surface area contributed by atoms with Gasteiger partial charge < -0.3 is 20.3 Å². The van der Waals surface area contributed by atoms with Crippen LogP contribution in [0.4, 0.5) is 5.82 Å². The quantitative estimate of drug-likeness (QED) is 0.612. The topological polar surface area (TPSA) is 119 Å². The van der Waals surface area contributed by atoms with Crippen molar-refractivity contribution in [2.24, 2.45) is 10.2 Å². The molecular weight excluding hydrogens is 457 g/mol. The number of nitrogens with zero attached hydrogens (tertiary/aromatic N) is 6. The molecule has 34 heavy (non-hydrogen) atoms. The molecule has 2 N–H and O–H groups in total. The maximum atomic E-state index is 14.5. The zero-order chi connectivity index (χ0) is 25.5. The normalized spacial score (nSPS) is 24.4. The summed E-state index contributed by atoms with van der Waals surface area (Å²) >= 11 is 0. The number of nitrogens with two attached hydrogens (primary N) is 1. The molecule has 0 saturated carbocycles. The fourth-order valence-corrected chi connectivity index (χ4v) is 6.42. The number of rotatable bonds is 5. The van der Waals surface area contributed by atoms with Crippen molar-refractivity contribution in [1.82, 2.24) is 24.0 Å². The van der Waals surface area contributed by atoms with Crippen LogP contribution in [0.5, 0.6) is 0 Å². The highest BCUT2D eigenvalue weighted by Gasteiger charge is 2.44. The second-order valence-electron chi connectivity index (χ2n) is 11.3. The lowest BCUT2D eigenvalue weighted by Gasteiger charge is -2.43. The van der Waals surface area contributed by atoms with Crippen LogP contribution in [-0.4, -0.2) is 82.0 Å². The maximum absolute atomic E-state index is 14.5. The molecule has 1 aromatic rings. The van der Waals surface area contributed by atoms with Gasteiger partial charge in [0.1, 0.15) is 5.82 Å². The van der Waals surface area contributed by atoms with Crippen LogP contribution < -0.4 is 11.4 Å². The van der Waals surface area contributed by atoms with Gasteiger partial charge in [-0.2, -0.15) is 9.75 Å². The minimum absolute atomic E-state index is 0.0464. The van der Waals surface area contributed by atoms with Crippen molar-refractivity contribution in [2.75, 3.05) is 46.0 Å². The third kappa shape index (κ3) is 6.59. The molecule has 3 rings (SSSR count). The smallest absolute Gasteiger partial charge is 0.383 e. The van der Waals surface area contributed by atoms with Crippen molar-refractivity contribution >= 4 is 19.4 Å². The van der Waals surface area contributed by atoms with Crippen LogP contribution in [0.1, 0.15) is 54.2 Å². The molecule has 12 heteroatoms. The van der Waals surface area contributed by atoms with Crippen molar-refractivity contribution in [1.29, 1.82) is 0 Å². The van der Waals surface area contributed by atoms with E-state index >= 15 is 0 Å². The van der Waals surface area contributed by atoms with Gasteiger partial charge in [0.05, 0.1) is 18.2 Å². The molecule has 0 bridgehead atoms. The monoisotopic (exact) mass is 497 g/mol. The van der Waals surface area contributed by atoms with Gasteiger partial charge in [-0.25, -0.2) is 14.0 Å². The number of hydrogen-bond acceptors (Lipinski definition) is 6. The summed E-state index contributed by atoms with van der Waals surface area (Å²) in [6.45, 7) is 14.0. The van der Waals surface area contributed by atoms with E-state index in [1.165, 1.54) is 4.57 Å². The summed E-state index contributed by atoms with van der Waals surface area (Å²) in [5.74, 6) is 0.759. The Morgan fingerprint density at radius 1 is 1.18 bits per heavy atom. The maximum Gasteiger partial charge on any atom is 0.393 e. The van der Waals surface area contributed by atoms with Gasteiger partial charge in [-0.1, -0.05) is 20.8 Å². The van der Waals surface area contributed by atoms with Crippen molar-refractivity contribution in [3.63, 3.8) is 0 Å². The Labute approximate surface area is 202 Å². The van der Waals surface area contributed by atoms with E-state index < -0.39 is 25.2 Å². The molecule has 0 aliphatic carbocycles. The summed E-state index contributed by atoms with van der Waals surface area (Å²) in [4.78, 5) is 20.4. The first-order valence-electron chi connectivity index (χ1n) is 11.7. The van der Waals surface area contributed by atoms with Gasteiger partial charge in [0.2, 0.25) is 5.96 Å². The highest BCUT2D eigenvalue weighted by molar-refractivity contribution is 7.55. The molecule has 0 aromatic carbocycles. The number of hydrogen-bond donors (Lipinski definition) is 1. The molecule has 0 spiro atoms. The Morgan fingerprint density at radius 3 is 2.32 bits per heavy atom. The average Bonchev–Trinajstić information content (AvgIpc) is 2.96. The average molecular weight is 498 g/mol. The molecule has 2 aliphatic heterocycles. The van der Waals surface area contributed by atoms with Gasteiger partial charge in [0.15, 0.2) is 6.23 Å². The van der Waals surface area contributed by atoms with Crippen LogP contribution in [0.25, 0.3) is 0 Å². The van der Waals surface area contributed by atoms with Crippen LogP contribution in [-0.2, 0) is 13.8 Å². The second-order valence-corrected chi connectivity index (χ2v) is 13.3. The predicted molar refractivity (Wildman–Crippen MR) is 134 cm³/mol. The van der Waals surface area contributed by atoms with Crippen LogP contribution in [0.3, 0.4) is 0 Å². The molecule has 11 nitrogen and oxygen atoms in total. The Balaban J connectivity index is 2.05. The van der Waals surface area contributed by atoms with Crippen LogP contribution in [0, 0.1) is 5.41 Å². The molecule has 3 atom stereocenters. The van der Waals surface area contributed by atoms with E-state index in [0.717, 1.165) is 13.1 Å². The molecule has 2 fully saturated rings. The Bertz CT molecular complexity index is 1000. The van der Waals surface area contributed by atoms with Crippen molar-refractivity contribution in [3.8, 4) is 0 Å². The molecule has 2 saturated heterocycles. The summed E-state index contributed by atoms with van der Waals surface area (Å²) < 4.78 is 34.9. The van der Waals surface area contributed by atoms with Gasteiger partial charge in [0, 0.05) is 39.9 Å². The number of morpholine rings is 1. The number of ether oxygens (including phenoxy) is 1. The predicted octanol–water partition coefficient (Wildman–Crippen LogP) is 2.62. The standard InChI is InChI=1S/C22H40N7O4P/c1-21(2,3)13-16-14-28(15-18(32-16)29-10-9-17(23)24-20(29)30)34(31,33-22(4,5)6)25-19-26(7)11-12-27(19)8/h9-10,16,18H,11-15H2,1-8H3,(H2,23,24,30)/t16-,18-,34?/m1/s1. The van der Waals surface area contributed by atoms with Gasteiger partial charge in [-0.3, -0.25) is 9.09 Å². The molecule has 1 aromatic heterocycles. The number of guanidine groups is 1. The summed E-state index contributed by atoms with van der Waals surface area (Å²) in [6, 6.07) is 1.55. The largest absolute Gasteiger partial charge is 0.393 e. The Kier molecular flexibility index (Phi) is 7.53. The van der Waals surface area contributed by atoms with Gasteiger partial charge >= 0.3 is 13.4 Å². The lowest BCUT2D eigenvalue weighted by molar-refractivity contribution is -0.118. The first-order valence-corrected chi connectivity index (χ1v) is 13.2. The van der Waals surface area contributed by atoms with E-state index in [-0.39, 0.29) is 23.9 Å². The van der Waals surface area contributed by atoms with E-state index in [0.29, 0.717) is 18.9 Å². The number of likely N-dealkylation sites (N-methyl/N-ethyl adjacent to an activating group) is 2. The fraction of sp³-hybridized carbons (Fsp3) is 0.773. The fourth-order valence-electron chi connectivity index (χ4n) is 4.15. The highest BCUT2D eigenvalue weighted by atomic mass is 31.2. The van der Waals surface area contributed by atoms with Gasteiger partial charge in [-0.05, 0) is 38.7 Å². The van der Waals surface area contributed by atoms with E-state index in [4.69, 9.17) is 19.8 Å². The molecular formula is C22H40N7O4P. The molecule has 192 valence electrons. The van der Waals surface area contributed by atoms with Crippen LogP contribution in [0.15, 0.2) is 21.8 Å². The third-order valence-corrected chi connectivity index (χ3v) is 7.81. The highest BCUT2D eigenvalue weighted by Crippen LogP contribution is 2.57. The second kappa shape index (κ2) is 9.60. The van der Waals surface area contributed by atoms with Crippen molar-refractivity contribution in [3.05, 3.63) is 22.7 Å². The minimum Gasteiger partial charge on any atom is -0.383 e. The molecule has 2 aliphatic rings. The Morgan fingerprint density at radius 2 is 1.79 bits per heavy atom. The molecule has 0 amide bonds. The molecule has 0 radical (unpaired) electrons. The van der Waals surface area contributed by atoms with Crippen molar-refractivity contribution in [2.45, 2.75) is 65.9 Å². The summed E-state index contributed by atoms with van der Waals surface area (Å²) in [7, 11) is 0.121. The molecule has 1 unspecified atom stereocenters. The van der Waals surface area contributed by atoms with Gasteiger partial charge in [-0.15, -0.1) is 0 Å². The number of aromatic nitrogens is 2. The Hall–Kier alpha value is -1.94. The van der Waals surface area contributed by atoms with Crippen LogP contribution in [0.2, 0.25) is 0 Å². The molecule has 3 heterocycles. The zero-order valence-electron chi connectivity index (χ0n) is 21.7. The zero-order valence-corrected chi connectivity index (χ0v) is 22.6. The van der Waals surface area contributed by atoms with Crippen molar-refractivity contribution < 1.29 is 13.8 Å². The minimum atomic E-state index is -3.73. The third-order valence-electron chi connectivity index (χ3n) is 5.55. The first kappa shape index (κ1) is 26.7. The first-order chi connectivity index (χ1) is 15.6. The van der Waals surface area contributed by atoms with E-state index in [1.807, 2.05) is 44.7 Å². The van der Waals surface area contributed by atoms with E-state index in [9.17, 15) is 9.36 Å². The SMILES string of the molecule is CN1CCN(C)C1=NP(=O)(OC(C)(C)C)N1C[C@@H](CC(C)(C)C)O[C@@H](n2ccc(N)nc2=O)C1.